The number of rotatable bonds is 4. The van der Waals surface area contributed by atoms with Crippen molar-refractivity contribution in [2.75, 3.05) is 50.7 Å². The van der Waals surface area contributed by atoms with Crippen LogP contribution in [-0.4, -0.2) is 65.8 Å². The first-order chi connectivity index (χ1) is 14.2. The lowest BCUT2D eigenvalue weighted by Gasteiger charge is -2.37. The van der Waals surface area contributed by atoms with Crippen LogP contribution in [0.25, 0.3) is 16.7 Å². The van der Waals surface area contributed by atoms with E-state index < -0.39 is 0 Å². The smallest absolute Gasteiger partial charge is 0.180 e. The standard InChI is InChI=1S/C22H24ClN5O/c1-16-21-17(3-2-7-24-21)6-8-27(16)12-9-26-10-13-28(14-11-26)22-19-5-4-18(23)15-20(19)29-25-22/h2-5,7,15H,1,6,8-14H2. The Balaban J connectivity index is 1.17. The summed E-state index contributed by atoms with van der Waals surface area (Å²) in [6.07, 6.45) is 2.90. The van der Waals surface area contributed by atoms with E-state index in [0.717, 1.165) is 80.4 Å². The summed E-state index contributed by atoms with van der Waals surface area (Å²) in [5, 5.41) is 5.98. The summed E-state index contributed by atoms with van der Waals surface area (Å²) in [6, 6.07) is 9.87. The van der Waals surface area contributed by atoms with Crippen molar-refractivity contribution in [1.29, 1.82) is 0 Å². The molecule has 0 atom stereocenters. The molecule has 1 aromatic carbocycles. The van der Waals surface area contributed by atoms with Gasteiger partial charge in [0.1, 0.15) is 0 Å². The number of halogens is 1. The Hall–Kier alpha value is -2.57. The summed E-state index contributed by atoms with van der Waals surface area (Å²) < 4.78 is 5.47. The van der Waals surface area contributed by atoms with Crippen molar-refractivity contribution >= 4 is 34.1 Å². The fourth-order valence-electron chi connectivity index (χ4n) is 4.26. The first-order valence-electron chi connectivity index (χ1n) is 10.1. The number of hydrogen-bond acceptors (Lipinski definition) is 6. The first kappa shape index (κ1) is 18.5. The quantitative estimate of drug-likeness (QED) is 0.657. The van der Waals surface area contributed by atoms with E-state index in [2.05, 4.69) is 37.5 Å². The molecule has 29 heavy (non-hydrogen) atoms. The molecule has 2 aliphatic heterocycles. The maximum absolute atomic E-state index is 6.05. The van der Waals surface area contributed by atoms with Gasteiger partial charge in [-0.05, 0) is 30.2 Å². The molecule has 1 saturated heterocycles. The van der Waals surface area contributed by atoms with Crippen LogP contribution in [0.4, 0.5) is 5.82 Å². The zero-order chi connectivity index (χ0) is 19.8. The molecule has 0 radical (unpaired) electrons. The van der Waals surface area contributed by atoms with Crippen LogP contribution in [-0.2, 0) is 6.42 Å². The predicted molar refractivity (Wildman–Crippen MR) is 116 cm³/mol. The molecule has 0 N–H and O–H groups in total. The minimum atomic E-state index is 0.669. The highest BCUT2D eigenvalue weighted by atomic mass is 35.5. The SMILES string of the molecule is C=C1c2ncccc2CCN1CCN1CCN(c2noc3cc(Cl)ccc23)CC1. The number of piperazine rings is 1. The molecule has 1 fully saturated rings. The van der Waals surface area contributed by atoms with Crippen molar-refractivity contribution in [3.05, 3.63) is 59.4 Å². The highest BCUT2D eigenvalue weighted by Gasteiger charge is 2.24. The van der Waals surface area contributed by atoms with Gasteiger partial charge in [0.2, 0.25) is 0 Å². The third kappa shape index (κ3) is 3.58. The predicted octanol–water partition coefficient (Wildman–Crippen LogP) is 3.53. The van der Waals surface area contributed by atoms with Gasteiger partial charge in [-0.2, -0.15) is 0 Å². The van der Waals surface area contributed by atoms with Crippen molar-refractivity contribution in [3.8, 4) is 0 Å². The molecule has 150 valence electrons. The molecule has 0 amide bonds. The second-order valence-corrected chi connectivity index (χ2v) is 8.11. The Bertz CT molecular complexity index is 1040. The maximum atomic E-state index is 6.05. The molecule has 0 unspecified atom stereocenters. The van der Waals surface area contributed by atoms with E-state index in [9.17, 15) is 0 Å². The Morgan fingerprint density at radius 1 is 1.07 bits per heavy atom. The summed E-state index contributed by atoms with van der Waals surface area (Å²) in [7, 11) is 0. The van der Waals surface area contributed by atoms with Crippen LogP contribution in [0.3, 0.4) is 0 Å². The molecule has 3 aromatic rings. The molecule has 7 heteroatoms. The van der Waals surface area contributed by atoms with E-state index in [0.29, 0.717) is 5.02 Å². The number of benzene rings is 1. The van der Waals surface area contributed by atoms with Crippen LogP contribution in [0.5, 0.6) is 0 Å². The largest absolute Gasteiger partial charge is 0.369 e. The van der Waals surface area contributed by atoms with Gasteiger partial charge in [-0.3, -0.25) is 9.88 Å². The number of anilines is 1. The number of hydrogen-bond donors (Lipinski definition) is 0. The van der Waals surface area contributed by atoms with Crippen molar-refractivity contribution in [2.24, 2.45) is 0 Å². The van der Waals surface area contributed by atoms with E-state index in [4.69, 9.17) is 16.1 Å². The van der Waals surface area contributed by atoms with Crippen LogP contribution in [0, 0.1) is 0 Å². The van der Waals surface area contributed by atoms with Gasteiger partial charge in [0.25, 0.3) is 0 Å². The third-order valence-corrected chi connectivity index (χ3v) is 6.21. The monoisotopic (exact) mass is 409 g/mol. The molecule has 4 heterocycles. The molecule has 2 aliphatic rings. The molecule has 0 aliphatic carbocycles. The van der Waals surface area contributed by atoms with Crippen molar-refractivity contribution in [1.82, 2.24) is 19.9 Å². The van der Waals surface area contributed by atoms with Gasteiger partial charge in [0.15, 0.2) is 11.4 Å². The zero-order valence-electron chi connectivity index (χ0n) is 16.4. The maximum Gasteiger partial charge on any atom is 0.180 e. The lowest BCUT2D eigenvalue weighted by Crippen LogP contribution is -2.48. The van der Waals surface area contributed by atoms with Gasteiger partial charge in [-0.1, -0.05) is 29.4 Å². The van der Waals surface area contributed by atoms with E-state index in [1.165, 1.54) is 5.56 Å². The fourth-order valence-corrected chi connectivity index (χ4v) is 4.42. The number of nitrogens with zero attached hydrogens (tertiary/aromatic N) is 5. The molecule has 0 bridgehead atoms. The average molecular weight is 410 g/mol. The van der Waals surface area contributed by atoms with Crippen molar-refractivity contribution in [3.63, 3.8) is 0 Å². The second-order valence-electron chi connectivity index (χ2n) is 7.67. The lowest BCUT2D eigenvalue weighted by atomic mass is 10.0. The van der Waals surface area contributed by atoms with E-state index in [1.807, 2.05) is 30.5 Å². The molecule has 0 saturated carbocycles. The zero-order valence-corrected chi connectivity index (χ0v) is 17.1. The molecule has 2 aromatic heterocycles. The minimum absolute atomic E-state index is 0.669. The summed E-state index contributed by atoms with van der Waals surface area (Å²) in [5.74, 6) is 0.920. The summed E-state index contributed by atoms with van der Waals surface area (Å²) >= 11 is 6.05. The molecule has 6 nitrogen and oxygen atoms in total. The van der Waals surface area contributed by atoms with Gasteiger partial charge in [0.05, 0.1) is 16.8 Å². The highest BCUT2D eigenvalue weighted by Crippen LogP contribution is 2.29. The van der Waals surface area contributed by atoms with Crippen molar-refractivity contribution < 1.29 is 4.52 Å². The van der Waals surface area contributed by atoms with Gasteiger partial charge in [-0.25, -0.2) is 0 Å². The third-order valence-electron chi connectivity index (χ3n) is 5.97. The number of aromatic nitrogens is 2. The topological polar surface area (TPSA) is 48.6 Å². The molecule has 5 rings (SSSR count). The van der Waals surface area contributed by atoms with Crippen LogP contribution in [0.15, 0.2) is 47.6 Å². The Morgan fingerprint density at radius 3 is 2.79 bits per heavy atom. The van der Waals surface area contributed by atoms with Gasteiger partial charge in [-0.15, -0.1) is 0 Å². The molecular weight excluding hydrogens is 386 g/mol. The van der Waals surface area contributed by atoms with Gasteiger partial charge < -0.3 is 14.3 Å². The summed E-state index contributed by atoms with van der Waals surface area (Å²) in [4.78, 5) is 11.7. The summed E-state index contributed by atoms with van der Waals surface area (Å²) in [5.41, 5.74) is 4.16. The van der Waals surface area contributed by atoms with Gasteiger partial charge >= 0.3 is 0 Å². The Morgan fingerprint density at radius 2 is 1.93 bits per heavy atom. The van der Waals surface area contributed by atoms with E-state index >= 15 is 0 Å². The average Bonchev–Trinajstić information content (AvgIpc) is 3.17. The van der Waals surface area contributed by atoms with Crippen molar-refractivity contribution in [2.45, 2.75) is 6.42 Å². The fraction of sp³-hybridized carbons (Fsp3) is 0.364. The number of pyridine rings is 1. The Labute approximate surface area is 175 Å². The summed E-state index contributed by atoms with van der Waals surface area (Å²) in [6.45, 7) is 11.2. The van der Waals surface area contributed by atoms with Gasteiger partial charge in [0, 0.05) is 63.1 Å². The first-order valence-corrected chi connectivity index (χ1v) is 10.5. The van der Waals surface area contributed by atoms with Crippen LogP contribution in [0.1, 0.15) is 11.3 Å². The van der Waals surface area contributed by atoms with Crippen LogP contribution in [0.2, 0.25) is 5.02 Å². The van der Waals surface area contributed by atoms with Crippen LogP contribution < -0.4 is 4.90 Å². The van der Waals surface area contributed by atoms with E-state index in [1.54, 1.807) is 0 Å². The normalized spacial score (nSPS) is 17.8. The second kappa shape index (κ2) is 7.69. The molecule has 0 spiro atoms. The van der Waals surface area contributed by atoms with E-state index in [-0.39, 0.29) is 0 Å². The Kier molecular flexibility index (Phi) is 4.89. The minimum Gasteiger partial charge on any atom is -0.369 e. The number of fused-ring (bicyclic) bond motifs is 2. The lowest BCUT2D eigenvalue weighted by molar-refractivity contribution is 0.228. The highest BCUT2D eigenvalue weighted by molar-refractivity contribution is 6.31. The molecular formula is C22H24ClN5O. The van der Waals surface area contributed by atoms with Crippen LogP contribution >= 0.6 is 11.6 Å².